The van der Waals surface area contributed by atoms with Crippen LogP contribution in [0.1, 0.15) is 51.3 Å². The number of fused-ring (bicyclic) bond motifs is 5. The molecule has 0 heterocycles. The fourth-order valence-electron chi connectivity index (χ4n) is 9.23. The Hall–Kier alpha value is -6.24. The zero-order valence-corrected chi connectivity index (χ0v) is 29.0. The van der Waals surface area contributed by atoms with E-state index in [1.54, 1.807) is 0 Å². The predicted octanol–water partition coefficient (Wildman–Crippen LogP) is 13.3. The minimum absolute atomic E-state index is 0.287. The molecule has 0 fully saturated rings. The van der Waals surface area contributed by atoms with Gasteiger partial charge in [0, 0.05) is 5.92 Å². The molecule has 3 aliphatic rings. The Morgan fingerprint density at radius 2 is 1.17 bits per heavy atom. The molecule has 246 valence electrons. The van der Waals surface area contributed by atoms with Crippen molar-refractivity contribution in [3.63, 3.8) is 0 Å². The molecule has 0 saturated heterocycles. The van der Waals surface area contributed by atoms with E-state index in [1.807, 2.05) is 0 Å². The van der Waals surface area contributed by atoms with Crippen molar-refractivity contribution in [2.75, 3.05) is 0 Å². The highest BCUT2D eigenvalue weighted by Crippen LogP contribution is 2.52. The van der Waals surface area contributed by atoms with E-state index in [9.17, 15) is 0 Å². The van der Waals surface area contributed by atoms with Crippen molar-refractivity contribution in [1.82, 2.24) is 0 Å². The van der Waals surface area contributed by atoms with Gasteiger partial charge in [-0.15, -0.1) is 0 Å². The van der Waals surface area contributed by atoms with Crippen LogP contribution >= 0.6 is 0 Å². The van der Waals surface area contributed by atoms with Gasteiger partial charge in [-0.3, -0.25) is 0 Å². The zero-order chi connectivity index (χ0) is 34.4. The van der Waals surface area contributed by atoms with E-state index < -0.39 is 0 Å². The summed E-state index contributed by atoms with van der Waals surface area (Å²) < 4.78 is 0. The van der Waals surface area contributed by atoms with Gasteiger partial charge in [-0.25, -0.2) is 0 Å². The minimum atomic E-state index is 0.287. The van der Waals surface area contributed by atoms with Gasteiger partial charge in [-0.05, 0) is 113 Å². The Labute approximate surface area is 306 Å². The minimum Gasteiger partial charge on any atom is -0.0839 e. The van der Waals surface area contributed by atoms with E-state index in [0.29, 0.717) is 5.92 Å². The first-order valence-electron chi connectivity index (χ1n) is 18.6. The molecule has 7 aromatic rings. The van der Waals surface area contributed by atoms with Crippen LogP contribution in [0.25, 0.3) is 43.8 Å². The van der Waals surface area contributed by atoms with E-state index in [2.05, 4.69) is 194 Å². The van der Waals surface area contributed by atoms with Crippen molar-refractivity contribution in [1.29, 1.82) is 0 Å². The third-order valence-electron chi connectivity index (χ3n) is 11.4. The van der Waals surface area contributed by atoms with E-state index in [-0.39, 0.29) is 5.92 Å². The Bertz CT molecular complexity index is 2660. The quantitative estimate of drug-likeness (QED) is 0.165. The molecule has 0 aromatic heterocycles. The van der Waals surface area contributed by atoms with Gasteiger partial charge in [-0.2, -0.15) is 0 Å². The first kappa shape index (κ1) is 30.6. The Morgan fingerprint density at radius 1 is 0.481 bits per heavy atom. The maximum Gasteiger partial charge on any atom is 0.0167 e. The van der Waals surface area contributed by atoms with E-state index in [1.165, 1.54) is 88.3 Å². The molecule has 10 rings (SSSR count). The SMILES string of the molecule is C1=CCc2ccccc2C(c2c3ccccc3c(-c3ccccc3)c3cc(C4=C5C=CC=CC[C@H]5C(c5ccccc5)c5ccccc54)ccc23)=C1. The van der Waals surface area contributed by atoms with Crippen LogP contribution in [0.15, 0.2) is 200 Å². The van der Waals surface area contributed by atoms with Crippen LogP contribution in [0.3, 0.4) is 0 Å². The maximum atomic E-state index is 2.51. The summed E-state index contributed by atoms with van der Waals surface area (Å²) in [5, 5.41) is 5.13. The molecular formula is C52H38. The highest BCUT2D eigenvalue weighted by Gasteiger charge is 2.36. The highest BCUT2D eigenvalue weighted by atomic mass is 14.4. The summed E-state index contributed by atoms with van der Waals surface area (Å²) >= 11 is 0. The molecule has 2 atom stereocenters. The van der Waals surface area contributed by atoms with Crippen LogP contribution in [0.2, 0.25) is 0 Å². The van der Waals surface area contributed by atoms with E-state index >= 15 is 0 Å². The number of benzene rings is 7. The van der Waals surface area contributed by atoms with Crippen molar-refractivity contribution in [2.24, 2.45) is 5.92 Å². The molecule has 0 aliphatic heterocycles. The lowest BCUT2D eigenvalue weighted by molar-refractivity contribution is 0.550. The van der Waals surface area contributed by atoms with Crippen LogP contribution in [0.4, 0.5) is 0 Å². The summed E-state index contributed by atoms with van der Waals surface area (Å²) in [4.78, 5) is 0. The lowest BCUT2D eigenvalue weighted by Gasteiger charge is -2.37. The average Bonchev–Trinajstić information content (AvgIpc) is 3.58. The highest BCUT2D eigenvalue weighted by molar-refractivity contribution is 6.20. The number of hydrogen-bond donors (Lipinski definition) is 0. The van der Waals surface area contributed by atoms with E-state index in [4.69, 9.17) is 0 Å². The number of rotatable bonds is 4. The average molecular weight is 663 g/mol. The van der Waals surface area contributed by atoms with E-state index in [0.717, 1.165) is 12.8 Å². The topological polar surface area (TPSA) is 0 Å². The number of allylic oxidation sites excluding steroid dienone is 8. The van der Waals surface area contributed by atoms with Gasteiger partial charge in [0.1, 0.15) is 0 Å². The third kappa shape index (κ3) is 4.98. The molecule has 1 unspecified atom stereocenters. The molecular weight excluding hydrogens is 625 g/mol. The van der Waals surface area contributed by atoms with Gasteiger partial charge in [0.05, 0.1) is 0 Å². The van der Waals surface area contributed by atoms with Crippen molar-refractivity contribution in [3.05, 3.63) is 239 Å². The van der Waals surface area contributed by atoms with Crippen LogP contribution in [0, 0.1) is 5.92 Å². The van der Waals surface area contributed by atoms with Crippen LogP contribution < -0.4 is 0 Å². The van der Waals surface area contributed by atoms with Gasteiger partial charge in [0.15, 0.2) is 0 Å². The lowest BCUT2D eigenvalue weighted by atomic mass is 9.66. The third-order valence-corrected chi connectivity index (χ3v) is 11.4. The lowest BCUT2D eigenvalue weighted by Crippen LogP contribution is -2.22. The molecule has 52 heavy (non-hydrogen) atoms. The van der Waals surface area contributed by atoms with Crippen LogP contribution in [-0.2, 0) is 6.42 Å². The monoisotopic (exact) mass is 662 g/mol. The molecule has 0 N–H and O–H groups in total. The summed E-state index contributed by atoms with van der Waals surface area (Å²) in [5.74, 6) is 0.618. The second kappa shape index (κ2) is 12.8. The summed E-state index contributed by atoms with van der Waals surface area (Å²) in [6, 6.07) is 56.6. The fourth-order valence-corrected chi connectivity index (χ4v) is 9.23. The predicted molar refractivity (Wildman–Crippen MR) is 220 cm³/mol. The van der Waals surface area contributed by atoms with Crippen molar-refractivity contribution < 1.29 is 0 Å². The van der Waals surface area contributed by atoms with Crippen molar-refractivity contribution in [2.45, 2.75) is 18.8 Å². The second-order valence-corrected chi connectivity index (χ2v) is 14.2. The van der Waals surface area contributed by atoms with Gasteiger partial charge in [0.25, 0.3) is 0 Å². The standard InChI is InChI=1S/C52H38/c1-4-20-36(21-5-1)49-41-25-8-3-9-26-43(41)51(44-29-15-14-28-42(44)49)38-32-33-47-48(34-38)50(37-22-6-2-7-23-37)45-30-16-17-31-46(45)52(47)40-27-13-11-19-35-18-10-12-24-39(35)40/h1-18,20-24,26-34,41,49H,19,25H2/t41-,49?/m1/s1. The second-order valence-electron chi connectivity index (χ2n) is 14.2. The molecule has 0 bridgehead atoms. The Morgan fingerprint density at radius 3 is 2.02 bits per heavy atom. The zero-order valence-electron chi connectivity index (χ0n) is 29.0. The maximum absolute atomic E-state index is 2.51. The van der Waals surface area contributed by atoms with Gasteiger partial charge in [-0.1, -0.05) is 188 Å². The summed E-state index contributed by atoms with van der Waals surface area (Å²) in [7, 11) is 0. The molecule has 0 saturated carbocycles. The first-order valence-corrected chi connectivity index (χ1v) is 18.6. The molecule has 0 spiro atoms. The molecule has 7 aromatic carbocycles. The molecule has 0 nitrogen and oxygen atoms in total. The van der Waals surface area contributed by atoms with Gasteiger partial charge >= 0.3 is 0 Å². The Balaban J connectivity index is 1.30. The summed E-state index contributed by atoms with van der Waals surface area (Å²) in [5.41, 5.74) is 16.0. The summed E-state index contributed by atoms with van der Waals surface area (Å²) in [6.45, 7) is 0. The van der Waals surface area contributed by atoms with Crippen molar-refractivity contribution >= 4 is 32.7 Å². The first-order chi connectivity index (χ1) is 25.8. The van der Waals surface area contributed by atoms with Crippen LogP contribution in [0.5, 0.6) is 0 Å². The molecule has 0 amide bonds. The Kier molecular flexibility index (Phi) is 7.54. The molecule has 3 aliphatic carbocycles. The number of hydrogen-bond acceptors (Lipinski definition) is 0. The van der Waals surface area contributed by atoms with Gasteiger partial charge < -0.3 is 0 Å². The van der Waals surface area contributed by atoms with Crippen molar-refractivity contribution in [3.8, 4) is 11.1 Å². The molecule has 0 radical (unpaired) electrons. The largest absolute Gasteiger partial charge is 0.0839 e. The fraction of sp³-hybridized carbons (Fsp3) is 0.0769. The van der Waals surface area contributed by atoms with Gasteiger partial charge in [0.2, 0.25) is 0 Å². The summed E-state index contributed by atoms with van der Waals surface area (Å²) in [6.07, 6.45) is 18.0. The van der Waals surface area contributed by atoms with Crippen LogP contribution in [-0.4, -0.2) is 0 Å². The normalized spacial score (nSPS) is 17.7. The molecule has 0 heteroatoms. The smallest absolute Gasteiger partial charge is 0.0167 e.